The number of methoxy groups -OCH3 is 2. The van der Waals surface area contributed by atoms with Crippen LogP contribution in [0.5, 0.6) is 11.5 Å². The molecule has 4 heteroatoms. The standard InChI is InChI=1S/C9H10O4/c1-12-6-3-4-8(13-2)7(5-6)9(10)11/h3-5H,1-2H3,(H,10,11)/i2D3. The molecule has 1 aromatic rings. The Kier molecular flexibility index (Phi) is 1.71. The van der Waals surface area contributed by atoms with Gasteiger partial charge in [0.15, 0.2) is 0 Å². The summed E-state index contributed by atoms with van der Waals surface area (Å²) in [5.41, 5.74) is -0.254. The van der Waals surface area contributed by atoms with Gasteiger partial charge in [0.05, 0.1) is 18.3 Å². The molecule has 4 nitrogen and oxygen atoms in total. The molecule has 0 aliphatic carbocycles. The molecule has 0 aliphatic rings. The molecule has 1 N–H and O–H groups in total. The predicted molar refractivity (Wildman–Crippen MR) is 46.5 cm³/mol. The van der Waals surface area contributed by atoms with Crippen LogP contribution in [0.4, 0.5) is 0 Å². The first-order chi connectivity index (χ1) is 7.33. The van der Waals surface area contributed by atoms with E-state index in [9.17, 15) is 4.79 Å². The summed E-state index contributed by atoms with van der Waals surface area (Å²) in [5, 5.41) is 8.86. The zero-order valence-corrected chi connectivity index (χ0v) is 6.90. The first kappa shape index (κ1) is 5.85. The molecule has 0 bridgehead atoms. The van der Waals surface area contributed by atoms with Crippen LogP contribution in [0.1, 0.15) is 14.5 Å². The fourth-order valence-corrected chi connectivity index (χ4v) is 0.892. The zero-order chi connectivity index (χ0) is 12.3. The van der Waals surface area contributed by atoms with Crippen LogP contribution in [0.25, 0.3) is 0 Å². The van der Waals surface area contributed by atoms with E-state index >= 15 is 0 Å². The van der Waals surface area contributed by atoms with Crippen molar-refractivity contribution < 1.29 is 23.5 Å². The lowest BCUT2D eigenvalue weighted by molar-refractivity contribution is 0.0693. The summed E-state index contributed by atoms with van der Waals surface area (Å²) in [5.74, 6) is -1.18. The topological polar surface area (TPSA) is 55.8 Å². The van der Waals surface area contributed by atoms with Gasteiger partial charge in [0.2, 0.25) is 0 Å². The number of carboxylic acid groups (broad SMARTS) is 1. The second kappa shape index (κ2) is 3.80. The van der Waals surface area contributed by atoms with Crippen molar-refractivity contribution in [2.45, 2.75) is 0 Å². The van der Waals surface area contributed by atoms with Crippen LogP contribution >= 0.6 is 0 Å². The van der Waals surface area contributed by atoms with E-state index in [0.29, 0.717) is 5.75 Å². The molecule has 0 saturated heterocycles. The van der Waals surface area contributed by atoms with Crippen molar-refractivity contribution in [3.63, 3.8) is 0 Å². The Balaban J connectivity index is 3.13. The van der Waals surface area contributed by atoms with Crippen molar-refractivity contribution in [2.75, 3.05) is 14.1 Å². The third kappa shape index (κ3) is 1.90. The van der Waals surface area contributed by atoms with Crippen molar-refractivity contribution in [2.24, 2.45) is 0 Å². The van der Waals surface area contributed by atoms with Gasteiger partial charge < -0.3 is 14.6 Å². The first-order valence-corrected chi connectivity index (χ1v) is 3.44. The molecular formula is C9H10O4. The summed E-state index contributed by atoms with van der Waals surface area (Å²) in [6, 6.07) is 3.87. The van der Waals surface area contributed by atoms with Crippen molar-refractivity contribution in [1.82, 2.24) is 0 Å². The Morgan fingerprint density at radius 1 is 1.54 bits per heavy atom. The largest absolute Gasteiger partial charge is 0.497 e. The number of hydrogen-bond acceptors (Lipinski definition) is 3. The molecule has 0 aromatic heterocycles. The van der Waals surface area contributed by atoms with E-state index in [2.05, 4.69) is 4.74 Å². The number of carbonyl (C=O) groups is 1. The molecule has 0 aliphatic heterocycles. The minimum Gasteiger partial charge on any atom is -0.497 e. The van der Waals surface area contributed by atoms with Gasteiger partial charge in [-0.05, 0) is 18.2 Å². The van der Waals surface area contributed by atoms with Gasteiger partial charge in [-0.1, -0.05) is 0 Å². The number of ether oxygens (including phenoxy) is 2. The second-order valence-corrected chi connectivity index (χ2v) is 2.27. The second-order valence-electron chi connectivity index (χ2n) is 2.27. The van der Waals surface area contributed by atoms with Crippen LogP contribution in [0.2, 0.25) is 0 Å². The maximum Gasteiger partial charge on any atom is 0.339 e. The highest BCUT2D eigenvalue weighted by Crippen LogP contribution is 2.23. The SMILES string of the molecule is [2H]C([2H])([2H])Oc1ccc(OC)cc1C(=O)O. The molecular weight excluding hydrogens is 172 g/mol. The number of aromatic carboxylic acids is 1. The molecule has 0 heterocycles. The fraction of sp³-hybridized carbons (Fsp3) is 0.222. The summed E-state index contributed by atoms with van der Waals surface area (Å²) in [4.78, 5) is 10.9. The highest BCUT2D eigenvalue weighted by atomic mass is 16.5. The average Bonchev–Trinajstić information content (AvgIpc) is 2.15. The Bertz CT molecular complexity index is 400. The minimum absolute atomic E-state index is 0.215. The number of hydrogen-bond donors (Lipinski definition) is 1. The third-order valence-electron chi connectivity index (χ3n) is 1.53. The van der Waals surface area contributed by atoms with Gasteiger partial charge in [0.1, 0.15) is 17.1 Å². The van der Waals surface area contributed by atoms with Crippen LogP contribution in [0.15, 0.2) is 18.2 Å². The maximum absolute atomic E-state index is 10.9. The molecule has 13 heavy (non-hydrogen) atoms. The minimum atomic E-state index is -2.68. The van der Waals surface area contributed by atoms with Gasteiger partial charge >= 0.3 is 5.97 Å². The monoisotopic (exact) mass is 185 g/mol. The van der Waals surface area contributed by atoms with Gasteiger partial charge in [0, 0.05) is 0 Å². The highest BCUT2D eigenvalue weighted by Gasteiger charge is 2.11. The van der Waals surface area contributed by atoms with Gasteiger partial charge in [-0.15, -0.1) is 0 Å². The maximum atomic E-state index is 10.9. The van der Waals surface area contributed by atoms with E-state index in [4.69, 9.17) is 14.0 Å². The predicted octanol–water partition coefficient (Wildman–Crippen LogP) is 1.40. The quantitative estimate of drug-likeness (QED) is 0.773. The molecule has 0 unspecified atom stereocenters. The van der Waals surface area contributed by atoms with Crippen molar-refractivity contribution in [3.8, 4) is 11.5 Å². The number of rotatable bonds is 3. The van der Waals surface area contributed by atoms with Crippen molar-refractivity contribution in [1.29, 1.82) is 0 Å². The van der Waals surface area contributed by atoms with Crippen molar-refractivity contribution in [3.05, 3.63) is 23.8 Å². The molecule has 0 radical (unpaired) electrons. The normalized spacial score (nSPS) is 13.8. The average molecular weight is 185 g/mol. The molecule has 0 fully saturated rings. The smallest absolute Gasteiger partial charge is 0.339 e. The molecule has 1 rings (SSSR count). The Morgan fingerprint density at radius 3 is 2.85 bits per heavy atom. The van der Waals surface area contributed by atoms with Crippen LogP contribution in [-0.2, 0) is 0 Å². The molecule has 0 amide bonds. The van der Waals surface area contributed by atoms with Crippen LogP contribution in [-0.4, -0.2) is 25.2 Å². The van der Waals surface area contributed by atoms with E-state index in [0.717, 1.165) is 0 Å². The van der Waals surface area contributed by atoms with Crippen molar-refractivity contribution >= 4 is 5.97 Å². The Hall–Kier alpha value is -1.71. The molecule has 1 aromatic carbocycles. The molecule has 70 valence electrons. The summed E-state index contributed by atoms with van der Waals surface area (Å²) in [7, 11) is -1.30. The summed E-state index contributed by atoms with van der Waals surface area (Å²) in [6.45, 7) is 0. The van der Waals surface area contributed by atoms with Crippen LogP contribution < -0.4 is 9.47 Å². The Morgan fingerprint density at radius 2 is 2.31 bits per heavy atom. The lowest BCUT2D eigenvalue weighted by Gasteiger charge is -2.06. The van der Waals surface area contributed by atoms with Crippen LogP contribution in [0.3, 0.4) is 0 Å². The lowest BCUT2D eigenvalue weighted by Crippen LogP contribution is -2.00. The molecule has 0 saturated carbocycles. The highest BCUT2D eigenvalue weighted by molar-refractivity contribution is 5.91. The number of benzene rings is 1. The first-order valence-electron chi connectivity index (χ1n) is 4.94. The van der Waals surface area contributed by atoms with E-state index < -0.39 is 13.0 Å². The van der Waals surface area contributed by atoms with Crippen LogP contribution in [0, 0.1) is 0 Å². The summed E-state index contributed by atoms with van der Waals surface area (Å²) in [6.07, 6.45) is 0. The zero-order valence-electron chi connectivity index (χ0n) is 9.90. The van der Waals surface area contributed by atoms with Gasteiger partial charge in [-0.25, -0.2) is 4.79 Å². The van der Waals surface area contributed by atoms with E-state index in [1.165, 1.54) is 25.3 Å². The summed E-state index contributed by atoms with van der Waals surface area (Å²) < 4.78 is 30.1. The van der Waals surface area contributed by atoms with Gasteiger partial charge in [0.25, 0.3) is 0 Å². The lowest BCUT2D eigenvalue weighted by atomic mass is 10.2. The summed E-state index contributed by atoms with van der Waals surface area (Å²) >= 11 is 0. The fourth-order valence-electron chi connectivity index (χ4n) is 0.892. The Labute approximate surface area is 79.9 Å². The van der Waals surface area contributed by atoms with E-state index in [-0.39, 0.29) is 11.3 Å². The molecule has 0 spiro atoms. The van der Waals surface area contributed by atoms with E-state index in [1.54, 1.807) is 0 Å². The third-order valence-corrected chi connectivity index (χ3v) is 1.53. The van der Waals surface area contributed by atoms with Gasteiger partial charge in [-0.3, -0.25) is 0 Å². The van der Waals surface area contributed by atoms with Gasteiger partial charge in [-0.2, -0.15) is 0 Å². The molecule has 0 atom stereocenters. The van der Waals surface area contributed by atoms with E-state index in [1.807, 2.05) is 0 Å². The number of carboxylic acids is 1.